The molecule has 3 rings (SSSR count). The normalized spacial score (nSPS) is 10.6. The van der Waals surface area contributed by atoms with Crippen molar-refractivity contribution in [3.63, 3.8) is 0 Å². The molecule has 0 bridgehead atoms. The molecule has 0 aliphatic carbocycles. The van der Waals surface area contributed by atoms with Gasteiger partial charge in [0.05, 0.1) is 0 Å². The molecule has 0 saturated carbocycles. The number of nitrogens with zero attached hydrogens (tertiary/aromatic N) is 4. The minimum absolute atomic E-state index is 0.122. The van der Waals surface area contributed by atoms with Crippen molar-refractivity contribution in [2.45, 2.75) is 13.5 Å². The van der Waals surface area contributed by atoms with E-state index in [1.165, 1.54) is 0 Å². The van der Waals surface area contributed by atoms with Gasteiger partial charge in [0.15, 0.2) is 5.65 Å². The molecule has 5 nitrogen and oxygen atoms in total. The van der Waals surface area contributed by atoms with Crippen LogP contribution in [0.25, 0.3) is 11.0 Å². The molecule has 0 atom stereocenters. The molecule has 0 radical (unpaired) electrons. The summed E-state index contributed by atoms with van der Waals surface area (Å²) >= 11 is 0. The van der Waals surface area contributed by atoms with Gasteiger partial charge in [-0.05, 0) is 48.4 Å². The summed E-state index contributed by atoms with van der Waals surface area (Å²) in [4.78, 5) is 26.8. The fraction of sp³-hybridized carbons (Fsp3) is 0.176. The van der Waals surface area contributed by atoms with Gasteiger partial charge >= 0.3 is 0 Å². The lowest BCUT2D eigenvalue weighted by Crippen LogP contribution is -2.27. The average molecular weight is 292 g/mol. The lowest BCUT2D eigenvalue weighted by atomic mass is 10.1. The summed E-state index contributed by atoms with van der Waals surface area (Å²) in [7, 11) is 1.77. The predicted octanol–water partition coefficient (Wildman–Crippen LogP) is 2.61. The van der Waals surface area contributed by atoms with Crippen molar-refractivity contribution in [1.82, 2.24) is 19.9 Å². The Morgan fingerprint density at radius 2 is 2.05 bits per heavy atom. The van der Waals surface area contributed by atoms with E-state index >= 15 is 0 Å². The molecule has 3 heterocycles. The molecule has 0 aliphatic rings. The maximum atomic E-state index is 12.5. The smallest absolute Gasteiger partial charge is 0.272 e. The first-order valence-corrected chi connectivity index (χ1v) is 7.02. The van der Waals surface area contributed by atoms with Crippen LogP contribution in [0.4, 0.5) is 0 Å². The molecule has 22 heavy (non-hydrogen) atoms. The van der Waals surface area contributed by atoms with E-state index < -0.39 is 0 Å². The van der Waals surface area contributed by atoms with E-state index in [1.807, 2.05) is 31.2 Å². The van der Waals surface area contributed by atoms with E-state index in [2.05, 4.69) is 15.0 Å². The fourth-order valence-electron chi connectivity index (χ4n) is 2.27. The Morgan fingerprint density at radius 3 is 2.86 bits per heavy atom. The van der Waals surface area contributed by atoms with Crippen molar-refractivity contribution in [2.24, 2.45) is 0 Å². The number of rotatable bonds is 3. The number of carbonyl (C=O) groups is 1. The van der Waals surface area contributed by atoms with Gasteiger partial charge in [0.2, 0.25) is 0 Å². The average Bonchev–Trinajstić information content (AvgIpc) is 2.55. The van der Waals surface area contributed by atoms with Crippen LogP contribution in [-0.2, 0) is 6.54 Å². The van der Waals surface area contributed by atoms with E-state index in [4.69, 9.17) is 0 Å². The van der Waals surface area contributed by atoms with Crippen molar-refractivity contribution in [1.29, 1.82) is 0 Å². The minimum Gasteiger partial charge on any atom is -0.336 e. The van der Waals surface area contributed by atoms with Crippen LogP contribution in [-0.4, -0.2) is 32.8 Å². The molecule has 3 aromatic rings. The Kier molecular flexibility index (Phi) is 3.78. The molecule has 0 spiro atoms. The first-order valence-electron chi connectivity index (χ1n) is 7.02. The zero-order valence-electron chi connectivity index (χ0n) is 12.5. The first kappa shape index (κ1) is 14.1. The van der Waals surface area contributed by atoms with E-state index in [0.717, 1.165) is 16.5 Å². The fourth-order valence-corrected chi connectivity index (χ4v) is 2.27. The molecule has 5 heteroatoms. The number of hydrogen-bond acceptors (Lipinski definition) is 4. The predicted molar refractivity (Wildman–Crippen MR) is 84.3 cm³/mol. The van der Waals surface area contributed by atoms with Crippen molar-refractivity contribution in [3.05, 3.63) is 65.7 Å². The van der Waals surface area contributed by atoms with Crippen LogP contribution in [0.2, 0.25) is 0 Å². The Labute approximate surface area is 128 Å². The number of pyridine rings is 3. The topological polar surface area (TPSA) is 59.0 Å². The monoisotopic (exact) mass is 292 g/mol. The molecule has 0 aliphatic heterocycles. The van der Waals surface area contributed by atoms with Gasteiger partial charge in [0, 0.05) is 37.6 Å². The van der Waals surface area contributed by atoms with Gasteiger partial charge in [-0.2, -0.15) is 0 Å². The van der Waals surface area contributed by atoms with E-state index in [-0.39, 0.29) is 5.91 Å². The van der Waals surface area contributed by atoms with E-state index in [1.54, 1.807) is 36.6 Å². The van der Waals surface area contributed by atoms with Crippen LogP contribution in [0.15, 0.2) is 48.9 Å². The highest BCUT2D eigenvalue weighted by atomic mass is 16.2. The quantitative estimate of drug-likeness (QED) is 0.744. The molecule has 0 N–H and O–H groups in total. The Morgan fingerprint density at radius 1 is 1.18 bits per heavy atom. The maximum Gasteiger partial charge on any atom is 0.272 e. The third-order valence-corrected chi connectivity index (χ3v) is 3.57. The highest BCUT2D eigenvalue weighted by molar-refractivity contribution is 5.94. The van der Waals surface area contributed by atoms with Gasteiger partial charge in [-0.3, -0.25) is 9.78 Å². The number of aryl methyl sites for hydroxylation is 1. The van der Waals surface area contributed by atoms with Gasteiger partial charge in [-0.25, -0.2) is 9.97 Å². The third kappa shape index (κ3) is 2.79. The van der Waals surface area contributed by atoms with Gasteiger partial charge in [0.25, 0.3) is 5.91 Å². The van der Waals surface area contributed by atoms with Crippen molar-refractivity contribution in [3.8, 4) is 0 Å². The molecule has 0 unspecified atom stereocenters. The number of hydrogen-bond donors (Lipinski definition) is 0. The molecule has 3 aromatic heterocycles. The summed E-state index contributed by atoms with van der Waals surface area (Å²) in [6, 6.07) is 9.31. The van der Waals surface area contributed by atoms with Gasteiger partial charge in [-0.15, -0.1) is 0 Å². The Balaban J connectivity index is 1.84. The highest BCUT2D eigenvalue weighted by Crippen LogP contribution is 2.13. The van der Waals surface area contributed by atoms with Crippen LogP contribution in [0, 0.1) is 6.92 Å². The Hall–Kier alpha value is -2.82. The van der Waals surface area contributed by atoms with Gasteiger partial charge in [-0.1, -0.05) is 0 Å². The van der Waals surface area contributed by atoms with Crippen LogP contribution in [0.5, 0.6) is 0 Å². The molecule has 0 fully saturated rings. The summed E-state index contributed by atoms with van der Waals surface area (Å²) in [6.07, 6.45) is 5.21. The summed E-state index contributed by atoms with van der Waals surface area (Å²) in [5.41, 5.74) is 3.13. The number of amides is 1. The van der Waals surface area contributed by atoms with Gasteiger partial charge in [0.1, 0.15) is 5.69 Å². The first-order chi connectivity index (χ1) is 10.6. The lowest BCUT2D eigenvalue weighted by Gasteiger charge is -2.18. The molecule has 1 amide bonds. The second kappa shape index (κ2) is 5.89. The summed E-state index contributed by atoms with van der Waals surface area (Å²) in [5, 5.41) is 0.923. The van der Waals surface area contributed by atoms with Gasteiger partial charge < -0.3 is 4.90 Å². The third-order valence-electron chi connectivity index (χ3n) is 3.57. The molecule has 0 aromatic carbocycles. The zero-order valence-corrected chi connectivity index (χ0v) is 12.5. The summed E-state index contributed by atoms with van der Waals surface area (Å²) < 4.78 is 0. The zero-order chi connectivity index (χ0) is 15.5. The number of fused-ring (bicyclic) bond motifs is 1. The minimum atomic E-state index is -0.122. The number of carbonyl (C=O) groups excluding carboxylic acids is 1. The molecule has 110 valence electrons. The lowest BCUT2D eigenvalue weighted by molar-refractivity contribution is 0.0779. The molecular weight excluding hydrogens is 276 g/mol. The summed E-state index contributed by atoms with van der Waals surface area (Å²) in [5.74, 6) is -0.122. The maximum absolute atomic E-state index is 12.5. The van der Waals surface area contributed by atoms with Crippen molar-refractivity contribution >= 4 is 16.9 Å². The van der Waals surface area contributed by atoms with Crippen LogP contribution in [0.1, 0.15) is 21.6 Å². The van der Waals surface area contributed by atoms with Crippen LogP contribution in [0.3, 0.4) is 0 Å². The molecular formula is C17H16N4O. The highest BCUT2D eigenvalue weighted by Gasteiger charge is 2.15. The SMILES string of the molecule is Cc1cnccc1CN(C)C(=O)c1ccc2cccnc2n1. The van der Waals surface area contributed by atoms with Crippen LogP contribution < -0.4 is 0 Å². The second-order valence-corrected chi connectivity index (χ2v) is 5.21. The standard InChI is InChI=1S/C17H16N4O/c1-12-10-18-9-7-14(12)11-21(2)17(22)15-6-5-13-4-3-8-19-16(13)20-15/h3-10H,11H2,1-2H3. The van der Waals surface area contributed by atoms with Crippen LogP contribution >= 0.6 is 0 Å². The largest absolute Gasteiger partial charge is 0.336 e. The number of aromatic nitrogens is 3. The van der Waals surface area contributed by atoms with Crippen molar-refractivity contribution in [2.75, 3.05) is 7.05 Å². The second-order valence-electron chi connectivity index (χ2n) is 5.21. The van der Waals surface area contributed by atoms with E-state index in [9.17, 15) is 4.79 Å². The molecule has 0 saturated heterocycles. The van der Waals surface area contributed by atoms with Crippen molar-refractivity contribution < 1.29 is 4.79 Å². The van der Waals surface area contributed by atoms with E-state index in [0.29, 0.717) is 17.9 Å². The summed E-state index contributed by atoms with van der Waals surface area (Å²) in [6.45, 7) is 2.51. The Bertz CT molecular complexity index is 832.